The molecule has 0 aliphatic carbocycles. The topological polar surface area (TPSA) is 33.1 Å². The molecule has 4 nitrogen and oxygen atoms in total. The molecule has 0 aromatic carbocycles. The highest BCUT2D eigenvalue weighted by molar-refractivity contribution is 5.14. The fraction of sp³-hybridized carbons (Fsp3) is 0.769. The zero-order valence-corrected chi connectivity index (χ0v) is 12.0. The van der Waals surface area contributed by atoms with Gasteiger partial charge in [-0.2, -0.15) is 5.10 Å². The summed E-state index contributed by atoms with van der Waals surface area (Å²) in [5.41, 5.74) is 1.37. The van der Waals surface area contributed by atoms with Crippen molar-refractivity contribution in [3.05, 3.63) is 18.0 Å². The Morgan fingerprint density at radius 2 is 2.00 bits per heavy atom. The summed E-state index contributed by atoms with van der Waals surface area (Å²) in [6.07, 6.45) is 4.08. The summed E-state index contributed by atoms with van der Waals surface area (Å²) in [6, 6.07) is 2.39. The second kappa shape index (κ2) is 5.65. The molecular formula is C13H26N4. The second-order valence-corrected chi connectivity index (χ2v) is 4.81. The summed E-state index contributed by atoms with van der Waals surface area (Å²) >= 11 is 0. The fourth-order valence-electron chi connectivity index (χ4n) is 2.91. The van der Waals surface area contributed by atoms with Gasteiger partial charge in [0.1, 0.15) is 0 Å². The van der Waals surface area contributed by atoms with Crippen molar-refractivity contribution in [1.82, 2.24) is 20.0 Å². The van der Waals surface area contributed by atoms with Gasteiger partial charge in [-0.3, -0.25) is 4.68 Å². The lowest BCUT2D eigenvalue weighted by Gasteiger charge is -2.45. The van der Waals surface area contributed by atoms with Crippen LogP contribution in [0.5, 0.6) is 0 Å². The summed E-state index contributed by atoms with van der Waals surface area (Å²) in [7, 11) is 8.36. The first-order chi connectivity index (χ1) is 8.03. The third kappa shape index (κ3) is 2.38. The van der Waals surface area contributed by atoms with E-state index in [-0.39, 0.29) is 5.54 Å². The van der Waals surface area contributed by atoms with E-state index in [0.717, 1.165) is 12.8 Å². The molecule has 1 rings (SSSR count). The first-order valence-electron chi connectivity index (χ1n) is 6.36. The monoisotopic (exact) mass is 238 g/mol. The maximum Gasteiger partial charge on any atom is 0.0675 e. The van der Waals surface area contributed by atoms with Gasteiger partial charge >= 0.3 is 0 Å². The van der Waals surface area contributed by atoms with Crippen molar-refractivity contribution in [1.29, 1.82) is 0 Å². The minimum absolute atomic E-state index is 0.128. The molecule has 4 heteroatoms. The predicted molar refractivity (Wildman–Crippen MR) is 72.0 cm³/mol. The molecular weight excluding hydrogens is 212 g/mol. The Hall–Kier alpha value is -0.870. The van der Waals surface area contributed by atoms with Gasteiger partial charge in [0.2, 0.25) is 0 Å². The molecule has 1 heterocycles. The number of hydrogen-bond donors (Lipinski definition) is 1. The Morgan fingerprint density at radius 1 is 1.41 bits per heavy atom. The van der Waals surface area contributed by atoms with Gasteiger partial charge in [-0.05, 0) is 40.1 Å². The Morgan fingerprint density at radius 3 is 2.29 bits per heavy atom. The maximum atomic E-state index is 4.29. The van der Waals surface area contributed by atoms with Crippen LogP contribution in [-0.4, -0.2) is 41.4 Å². The molecule has 1 N–H and O–H groups in total. The third-order valence-electron chi connectivity index (χ3n) is 4.10. The van der Waals surface area contributed by atoms with E-state index in [0.29, 0.717) is 6.04 Å². The number of rotatable bonds is 6. The third-order valence-corrected chi connectivity index (χ3v) is 4.10. The highest BCUT2D eigenvalue weighted by Crippen LogP contribution is 2.35. The molecule has 0 fully saturated rings. The molecule has 0 radical (unpaired) electrons. The van der Waals surface area contributed by atoms with E-state index >= 15 is 0 Å². The van der Waals surface area contributed by atoms with Crippen molar-refractivity contribution in [3.8, 4) is 0 Å². The number of nitrogens with zero attached hydrogens (tertiary/aromatic N) is 3. The van der Waals surface area contributed by atoms with Gasteiger partial charge in [-0.15, -0.1) is 0 Å². The number of likely N-dealkylation sites (N-methyl/N-ethyl adjacent to an activating group) is 2. The first kappa shape index (κ1) is 14.2. The molecule has 1 aromatic heterocycles. The Bertz CT molecular complexity index is 339. The van der Waals surface area contributed by atoms with Crippen molar-refractivity contribution >= 4 is 0 Å². The minimum atomic E-state index is 0.128. The summed E-state index contributed by atoms with van der Waals surface area (Å²) in [6.45, 7) is 4.51. The van der Waals surface area contributed by atoms with Crippen LogP contribution in [0.1, 0.15) is 38.4 Å². The van der Waals surface area contributed by atoms with Gasteiger partial charge in [-0.25, -0.2) is 0 Å². The second-order valence-electron chi connectivity index (χ2n) is 4.81. The van der Waals surface area contributed by atoms with Crippen molar-refractivity contribution in [2.24, 2.45) is 7.05 Å². The normalized spacial score (nSPS) is 14.3. The van der Waals surface area contributed by atoms with Crippen LogP contribution in [-0.2, 0) is 7.05 Å². The molecule has 1 aromatic rings. The van der Waals surface area contributed by atoms with Crippen LogP contribution >= 0.6 is 0 Å². The van der Waals surface area contributed by atoms with Crippen molar-refractivity contribution in [2.45, 2.75) is 38.3 Å². The molecule has 17 heavy (non-hydrogen) atoms. The largest absolute Gasteiger partial charge is 0.310 e. The van der Waals surface area contributed by atoms with Crippen LogP contribution < -0.4 is 5.32 Å². The van der Waals surface area contributed by atoms with Crippen LogP contribution in [0.3, 0.4) is 0 Å². The van der Waals surface area contributed by atoms with Crippen LogP contribution in [0.25, 0.3) is 0 Å². The lowest BCUT2D eigenvalue weighted by atomic mass is 9.81. The Kier molecular flexibility index (Phi) is 4.71. The average Bonchev–Trinajstić information content (AvgIpc) is 2.72. The smallest absolute Gasteiger partial charge is 0.0675 e. The van der Waals surface area contributed by atoms with E-state index in [9.17, 15) is 0 Å². The lowest BCUT2D eigenvalue weighted by molar-refractivity contribution is 0.0881. The van der Waals surface area contributed by atoms with Crippen LogP contribution in [0, 0.1) is 0 Å². The van der Waals surface area contributed by atoms with Crippen molar-refractivity contribution in [3.63, 3.8) is 0 Å². The lowest BCUT2D eigenvalue weighted by Crippen LogP contribution is -2.52. The molecule has 0 bridgehead atoms. The molecule has 1 unspecified atom stereocenters. The summed E-state index contributed by atoms with van der Waals surface area (Å²) in [4.78, 5) is 2.33. The van der Waals surface area contributed by atoms with Crippen LogP contribution in [0.15, 0.2) is 12.3 Å². The van der Waals surface area contributed by atoms with E-state index in [1.165, 1.54) is 5.69 Å². The molecule has 0 saturated carbocycles. The van der Waals surface area contributed by atoms with Gasteiger partial charge in [0.25, 0.3) is 0 Å². The zero-order valence-electron chi connectivity index (χ0n) is 12.0. The van der Waals surface area contributed by atoms with Crippen molar-refractivity contribution < 1.29 is 0 Å². The molecule has 1 atom stereocenters. The summed E-state index contributed by atoms with van der Waals surface area (Å²) in [5, 5.41) is 7.75. The molecule has 98 valence electrons. The molecule has 0 amide bonds. The number of nitrogens with one attached hydrogen (secondary N) is 1. The molecule has 0 spiro atoms. The van der Waals surface area contributed by atoms with E-state index in [4.69, 9.17) is 0 Å². The Labute approximate surface area is 105 Å². The van der Waals surface area contributed by atoms with Gasteiger partial charge in [0, 0.05) is 18.8 Å². The quantitative estimate of drug-likeness (QED) is 0.820. The van der Waals surface area contributed by atoms with Gasteiger partial charge in [-0.1, -0.05) is 13.8 Å². The van der Waals surface area contributed by atoms with E-state index in [1.807, 2.05) is 25.0 Å². The zero-order chi connectivity index (χ0) is 13.1. The molecule has 0 aliphatic heterocycles. The van der Waals surface area contributed by atoms with Gasteiger partial charge in [0.05, 0.1) is 11.7 Å². The standard InChI is InChI=1S/C13H26N4/c1-7-13(8-2,16(4)5)12(14-3)11-9-10-15-17(11)6/h9-10,12,14H,7-8H2,1-6H3. The SMILES string of the molecule is CCC(CC)(C(NC)c1ccnn1C)N(C)C. The predicted octanol–water partition coefficient (Wildman–Crippen LogP) is 1.80. The number of hydrogen-bond acceptors (Lipinski definition) is 3. The summed E-state index contributed by atoms with van der Waals surface area (Å²) < 4.78 is 1.96. The van der Waals surface area contributed by atoms with Crippen LogP contribution in [0.2, 0.25) is 0 Å². The van der Waals surface area contributed by atoms with E-state index in [1.54, 1.807) is 0 Å². The average molecular weight is 238 g/mol. The van der Waals surface area contributed by atoms with Crippen molar-refractivity contribution in [2.75, 3.05) is 21.1 Å². The molecule has 0 aliphatic rings. The molecule has 0 saturated heterocycles. The van der Waals surface area contributed by atoms with Crippen LogP contribution in [0.4, 0.5) is 0 Å². The number of aryl methyl sites for hydroxylation is 1. The van der Waals surface area contributed by atoms with Gasteiger partial charge in [0.15, 0.2) is 0 Å². The highest BCUT2D eigenvalue weighted by atomic mass is 15.3. The van der Waals surface area contributed by atoms with E-state index in [2.05, 4.69) is 49.3 Å². The maximum absolute atomic E-state index is 4.29. The number of aromatic nitrogens is 2. The summed E-state index contributed by atoms with van der Waals surface area (Å²) in [5.74, 6) is 0. The fourth-order valence-corrected chi connectivity index (χ4v) is 2.91. The highest BCUT2D eigenvalue weighted by Gasteiger charge is 2.39. The van der Waals surface area contributed by atoms with E-state index < -0.39 is 0 Å². The first-order valence-corrected chi connectivity index (χ1v) is 6.36. The minimum Gasteiger partial charge on any atom is -0.310 e. The van der Waals surface area contributed by atoms with Gasteiger partial charge < -0.3 is 10.2 Å². The Balaban J connectivity index is 3.19.